The number of halogens is 1. The van der Waals surface area contributed by atoms with Crippen molar-refractivity contribution < 1.29 is 18.7 Å². The summed E-state index contributed by atoms with van der Waals surface area (Å²) < 4.78 is 24.0. The molecule has 0 amide bonds. The molecule has 0 radical (unpaired) electrons. The molecule has 0 saturated heterocycles. The van der Waals surface area contributed by atoms with Crippen molar-refractivity contribution in [3.63, 3.8) is 0 Å². The van der Waals surface area contributed by atoms with Crippen molar-refractivity contribution in [1.82, 2.24) is 4.98 Å². The Morgan fingerprint density at radius 3 is 2.28 bits per heavy atom. The summed E-state index contributed by atoms with van der Waals surface area (Å²) >= 11 is 0. The summed E-state index contributed by atoms with van der Waals surface area (Å²) in [6.07, 6.45) is 10.2. The van der Waals surface area contributed by atoms with Crippen LogP contribution in [0, 0.1) is 5.82 Å². The van der Waals surface area contributed by atoms with E-state index in [0.29, 0.717) is 23.7 Å². The normalized spacial score (nSPS) is 11.1. The van der Waals surface area contributed by atoms with Crippen molar-refractivity contribution in [2.75, 3.05) is 6.61 Å². The van der Waals surface area contributed by atoms with Crippen LogP contribution >= 0.6 is 0 Å². The number of rotatable bonds is 7. The summed E-state index contributed by atoms with van der Waals surface area (Å²) in [4.78, 5) is 16.1. The van der Waals surface area contributed by atoms with Crippen molar-refractivity contribution in [2.45, 2.75) is 6.92 Å². The molecule has 0 bridgehead atoms. The quantitative estimate of drug-likeness (QED) is 0.308. The van der Waals surface area contributed by atoms with Gasteiger partial charge in [-0.2, -0.15) is 0 Å². The van der Waals surface area contributed by atoms with Gasteiger partial charge in [0.2, 0.25) is 0 Å². The minimum Gasteiger partial charge on any atom is -0.490 e. The lowest BCUT2D eigenvalue weighted by Gasteiger charge is -2.10. The van der Waals surface area contributed by atoms with Gasteiger partial charge in [0.15, 0.2) is 11.5 Å². The van der Waals surface area contributed by atoms with Crippen molar-refractivity contribution in [2.24, 2.45) is 0 Å². The van der Waals surface area contributed by atoms with Crippen molar-refractivity contribution >= 4 is 24.2 Å². The summed E-state index contributed by atoms with van der Waals surface area (Å²) in [6, 6.07) is 15.0. The lowest BCUT2D eigenvalue weighted by atomic mass is 10.1. The van der Waals surface area contributed by atoms with Crippen LogP contribution in [0.15, 0.2) is 73.1 Å². The van der Waals surface area contributed by atoms with E-state index < -0.39 is 5.97 Å². The van der Waals surface area contributed by atoms with Gasteiger partial charge in [0.25, 0.3) is 0 Å². The highest BCUT2D eigenvalue weighted by Gasteiger charge is 2.09. The number of hydrogen-bond donors (Lipinski definition) is 0. The second kappa shape index (κ2) is 9.99. The average Bonchev–Trinajstić information content (AvgIpc) is 2.74. The fourth-order valence-electron chi connectivity index (χ4n) is 2.53. The molecule has 1 aromatic heterocycles. The van der Waals surface area contributed by atoms with E-state index in [9.17, 15) is 9.18 Å². The molecule has 0 aliphatic heterocycles. The number of aromatic nitrogens is 1. The maximum Gasteiger partial charge on any atom is 0.336 e. The van der Waals surface area contributed by atoms with E-state index in [2.05, 4.69) is 4.98 Å². The van der Waals surface area contributed by atoms with Crippen LogP contribution in [0.25, 0.3) is 18.2 Å². The number of hydrogen-bond acceptors (Lipinski definition) is 4. The van der Waals surface area contributed by atoms with Crippen molar-refractivity contribution in [3.8, 4) is 11.5 Å². The van der Waals surface area contributed by atoms with Gasteiger partial charge >= 0.3 is 5.97 Å². The van der Waals surface area contributed by atoms with E-state index >= 15 is 0 Å². The number of ether oxygens (including phenoxy) is 2. The Morgan fingerprint density at radius 1 is 0.897 bits per heavy atom. The summed E-state index contributed by atoms with van der Waals surface area (Å²) in [5.41, 5.74) is 2.64. The van der Waals surface area contributed by atoms with Crippen LogP contribution in [-0.4, -0.2) is 17.6 Å². The molecule has 0 spiro atoms. The third kappa shape index (κ3) is 6.14. The van der Waals surface area contributed by atoms with Crippen LogP contribution in [0.5, 0.6) is 11.5 Å². The predicted octanol–water partition coefficient (Wildman–Crippen LogP) is 5.41. The van der Waals surface area contributed by atoms with Gasteiger partial charge in [-0.15, -0.1) is 0 Å². The van der Waals surface area contributed by atoms with Gasteiger partial charge in [0.1, 0.15) is 5.82 Å². The second-order valence-corrected chi connectivity index (χ2v) is 6.06. The second-order valence-electron chi connectivity index (χ2n) is 6.06. The number of benzene rings is 2. The first kappa shape index (κ1) is 20.0. The number of pyridine rings is 1. The Hall–Kier alpha value is -3.73. The standard InChI is InChI=1S/C24H20FNO3/c1-2-28-23-17-20(4-3-19-13-15-26-16-14-19)7-11-22(23)29-24(27)12-8-18-5-9-21(25)10-6-18/h3-17H,2H2,1H3/b4-3+,12-8+. The van der Waals surface area contributed by atoms with Crippen LogP contribution in [-0.2, 0) is 4.79 Å². The zero-order valence-corrected chi connectivity index (χ0v) is 15.9. The molecule has 0 unspecified atom stereocenters. The molecular formula is C24H20FNO3. The molecule has 0 fully saturated rings. The molecule has 1 heterocycles. The molecule has 29 heavy (non-hydrogen) atoms. The summed E-state index contributed by atoms with van der Waals surface area (Å²) in [6.45, 7) is 2.30. The highest BCUT2D eigenvalue weighted by Crippen LogP contribution is 2.29. The Kier molecular flexibility index (Phi) is 6.90. The molecule has 2 aromatic carbocycles. The molecule has 3 rings (SSSR count). The lowest BCUT2D eigenvalue weighted by molar-refractivity contribution is -0.129. The molecule has 0 aliphatic rings. The molecule has 0 atom stereocenters. The van der Waals surface area contributed by atoms with Crippen molar-refractivity contribution in [1.29, 1.82) is 0 Å². The highest BCUT2D eigenvalue weighted by atomic mass is 19.1. The Bertz CT molecular complexity index is 1010. The Labute approximate surface area is 168 Å². The van der Waals surface area contributed by atoms with Crippen LogP contribution in [0.3, 0.4) is 0 Å². The van der Waals surface area contributed by atoms with E-state index in [0.717, 1.165) is 11.1 Å². The van der Waals surface area contributed by atoms with Gasteiger partial charge in [-0.25, -0.2) is 9.18 Å². The third-order valence-corrected chi connectivity index (χ3v) is 3.93. The SMILES string of the molecule is CCOc1cc(/C=C/c2ccncc2)ccc1OC(=O)/C=C/c1ccc(F)cc1. The summed E-state index contributed by atoms with van der Waals surface area (Å²) in [5, 5.41) is 0. The average molecular weight is 389 g/mol. The monoisotopic (exact) mass is 389 g/mol. The van der Waals surface area contributed by atoms with Crippen LogP contribution in [0.4, 0.5) is 4.39 Å². The number of esters is 1. The molecule has 146 valence electrons. The zero-order valence-electron chi connectivity index (χ0n) is 15.9. The van der Waals surface area contributed by atoms with Gasteiger partial charge < -0.3 is 9.47 Å². The first-order valence-corrected chi connectivity index (χ1v) is 9.14. The topological polar surface area (TPSA) is 48.4 Å². The third-order valence-electron chi connectivity index (χ3n) is 3.93. The predicted molar refractivity (Wildman–Crippen MR) is 112 cm³/mol. The molecule has 0 saturated carbocycles. The number of carbonyl (C=O) groups excluding carboxylic acids is 1. The molecule has 0 N–H and O–H groups in total. The maximum atomic E-state index is 12.9. The van der Waals surface area contributed by atoms with Crippen molar-refractivity contribution in [3.05, 3.63) is 95.6 Å². The summed E-state index contributed by atoms with van der Waals surface area (Å²) in [7, 11) is 0. The molecule has 0 aliphatic carbocycles. The van der Waals surface area contributed by atoms with E-state index in [1.165, 1.54) is 18.2 Å². The van der Waals surface area contributed by atoms with E-state index in [1.54, 1.807) is 36.7 Å². The van der Waals surface area contributed by atoms with Crippen LogP contribution in [0.2, 0.25) is 0 Å². The lowest BCUT2D eigenvalue weighted by Crippen LogP contribution is -2.06. The fraction of sp³-hybridized carbons (Fsp3) is 0.0833. The Balaban J connectivity index is 1.71. The van der Waals surface area contributed by atoms with Gasteiger partial charge in [-0.3, -0.25) is 4.98 Å². The van der Waals surface area contributed by atoms with Gasteiger partial charge in [0, 0.05) is 18.5 Å². The summed E-state index contributed by atoms with van der Waals surface area (Å²) in [5.74, 6) is -0.0610. The van der Waals surface area contributed by atoms with Crippen LogP contribution < -0.4 is 9.47 Å². The smallest absolute Gasteiger partial charge is 0.336 e. The minimum atomic E-state index is -0.546. The van der Waals surface area contributed by atoms with E-state index in [1.807, 2.05) is 43.3 Å². The molecule has 5 heteroatoms. The first-order valence-electron chi connectivity index (χ1n) is 9.14. The maximum absolute atomic E-state index is 12.9. The highest BCUT2D eigenvalue weighted by molar-refractivity contribution is 5.89. The minimum absolute atomic E-state index is 0.329. The zero-order chi connectivity index (χ0) is 20.5. The molecule has 4 nitrogen and oxygen atoms in total. The van der Waals surface area contributed by atoms with Gasteiger partial charge in [0.05, 0.1) is 6.61 Å². The van der Waals surface area contributed by atoms with Gasteiger partial charge in [-0.1, -0.05) is 30.4 Å². The van der Waals surface area contributed by atoms with E-state index in [-0.39, 0.29) is 5.82 Å². The Morgan fingerprint density at radius 2 is 1.55 bits per heavy atom. The molecular weight excluding hydrogens is 369 g/mol. The first-order chi connectivity index (χ1) is 14.1. The molecule has 3 aromatic rings. The largest absolute Gasteiger partial charge is 0.490 e. The number of carbonyl (C=O) groups is 1. The number of nitrogens with zero attached hydrogens (tertiary/aromatic N) is 1. The van der Waals surface area contributed by atoms with Gasteiger partial charge in [-0.05, 0) is 66.1 Å². The van der Waals surface area contributed by atoms with Crippen LogP contribution in [0.1, 0.15) is 23.6 Å². The fourth-order valence-corrected chi connectivity index (χ4v) is 2.53. The van der Waals surface area contributed by atoms with E-state index in [4.69, 9.17) is 9.47 Å².